The standard InChI is InChI=1S/C13H20N4O10/c14-5(1-9(20)21)11(24)15-3-8(19)16-7(4-18)12(25)17-6(13(26)27)2-10(22)23/h5-7,18H,1-4,14H2,(H,15,24)(H,16,19)(H,17,25)(H,20,21)(H,22,23)(H,26,27). The van der Waals surface area contributed by atoms with Crippen LogP contribution in [0.4, 0.5) is 0 Å². The SMILES string of the molecule is NC(CC(=O)O)C(=O)NCC(=O)NC(CO)C(=O)NC(CC(=O)O)C(=O)O. The summed E-state index contributed by atoms with van der Waals surface area (Å²) >= 11 is 0. The zero-order chi connectivity index (χ0) is 21.1. The maximum Gasteiger partial charge on any atom is 0.326 e. The van der Waals surface area contributed by atoms with Gasteiger partial charge in [-0.2, -0.15) is 0 Å². The molecule has 3 amide bonds. The molecule has 152 valence electrons. The third kappa shape index (κ3) is 9.71. The van der Waals surface area contributed by atoms with Gasteiger partial charge in [-0.15, -0.1) is 0 Å². The first kappa shape index (κ1) is 23.7. The molecule has 0 aliphatic carbocycles. The fourth-order valence-corrected chi connectivity index (χ4v) is 1.67. The van der Waals surface area contributed by atoms with Gasteiger partial charge in [-0.25, -0.2) is 4.79 Å². The Labute approximate surface area is 151 Å². The van der Waals surface area contributed by atoms with Crippen LogP contribution in [0.15, 0.2) is 0 Å². The number of aliphatic hydroxyl groups excluding tert-OH is 1. The molecular weight excluding hydrogens is 372 g/mol. The number of carboxylic acid groups (broad SMARTS) is 3. The van der Waals surface area contributed by atoms with E-state index in [1.54, 1.807) is 0 Å². The van der Waals surface area contributed by atoms with Gasteiger partial charge in [0.2, 0.25) is 17.7 Å². The normalized spacial score (nSPS) is 13.6. The molecule has 27 heavy (non-hydrogen) atoms. The smallest absolute Gasteiger partial charge is 0.326 e. The summed E-state index contributed by atoms with van der Waals surface area (Å²) in [5, 5.41) is 40.9. The van der Waals surface area contributed by atoms with Gasteiger partial charge in [0.15, 0.2) is 0 Å². The van der Waals surface area contributed by atoms with E-state index >= 15 is 0 Å². The maximum absolute atomic E-state index is 11.9. The van der Waals surface area contributed by atoms with Crippen molar-refractivity contribution < 1.29 is 49.2 Å². The van der Waals surface area contributed by atoms with Crippen LogP contribution in [-0.2, 0) is 28.8 Å². The van der Waals surface area contributed by atoms with Crippen molar-refractivity contribution in [2.24, 2.45) is 5.73 Å². The first-order chi connectivity index (χ1) is 12.5. The predicted molar refractivity (Wildman–Crippen MR) is 84.1 cm³/mol. The van der Waals surface area contributed by atoms with E-state index in [9.17, 15) is 28.8 Å². The molecule has 0 spiro atoms. The molecule has 0 fully saturated rings. The van der Waals surface area contributed by atoms with E-state index in [0.29, 0.717) is 0 Å². The first-order valence-electron chi connectivity index (χ1n) is 7.38. The average molecular weight is 392 g/mol. The van der Waals surface area contributed by atoms with Gasteiger partial charge in [-0.3, -0.25) is 24.0 Å². The monoisotopic (exact) mass is 392 g/mol. The number of nitrogens with one attached hydrogen (secondary N) is 3. The summed E-state index contributed by atoms with van der Waals surface area (Å²) in [4.78, 5) is 66.9. The van der Waals surface area contributed by atoms with E-state index in [2.05, 4.69) is 0 Å². The molecular formula is C13H20N4O10. The van der Waals surface area contributed by atoms with Crippen LogP contribution in [0, 0.1) is 0 Å². The number of carboxylic acids is 3. The number of carbonyl (C=O) groups is 6. The van der Waals surface area contributed by atoms with Crippen LogP contribution in [0.1, 0.15) is 12.8 Å². The molecule has 0 radical (unpaired) electrons. The third-order valence-electron chi connectivity index (χ3n) is 2.98. The number of hydrogen-bond donors (Lipinski definition) is 8. The molecule has 0 aromatic carbocycles. The molecule has 0 heterocycles. The Morgan fingerprint density at radius 1 is 0.815 bits per heavy atom. The van der Waals surface area contributed by atoms with Crippen molar-refractivity contribution in [3.63, 3.8) is 0 Å². The summed E-state index contributed by atoms with van der Waals surface area (Å²) in [6.07, 6.45) is -1.60. The van der Waals surface area contributed by atoms with Gasteiger partial charge in [0.25, 0.3) is 0 Å². The van der Waals surface area contributed by atoms with E-state index in [0.717, 1.165) is 0 Å². The minimum absolute atomic E-state index is 0.671. The number of aliphatic hydroxyl groups is 1. The summed E-state index contributed by atoms with van der Waals surface area (Å²) in [6, 6.07) is -4.80. The van der Waals surface area contributed by atoms with Crippen LogP contribution in [-0.4, -0.2) is 87.3 Å². The molecule has 0 saturated heterocycles. The van der Waals surface area contributed by atoms with Gasteiger partial charge in [-0.05, 0) is 0 Å². The molecule has 0 bridgehead atoms. The molecule has 14 heteroatoms. The number of rotatable bonds is 12. The van der Waals surface area contributed by atoms with Crippen molar-refractivity contribution in [1.82, 2.24) is 16.0 Å². The molecule has 0 rings (SSSR count). The van der Waals surface area contributed by atoms with Crippen LogP contribution >= 0.6 is 0 Å². The van der Waals surface area contributed by atoms with Crippen molar-refractivity contribution in [2.75, 3.05) is 13.2 Å². The van der Waals surface area contributed by atoms with Crippen LogP contribution < -0.4 is 21.7 Å². The van der Waals surface area contributed by atoms with E-state index in [-0.39, 0.29) is 0 Å². The van der Waals surface area contributed by atoms with Crippen molar-refractivity contribution in [1.29, 1.82) is 0 Å². The molecule has 0 aliphatic heterocycles. The lowest BCUT2D eigenvalue weighted by atomic mass is 10.2. The van der Waals surface area contributed by atoms with Crippen molar-refractivity contribution in [3.05, 3.63) is 0 Å². The van der Waals surface area contributed by atoms with Gasteiger partial charge in [0.05, 0.1) is 32.0 Å². The second kappa shape index (κ2) is 11.4. The lowest BCUT2D eigenvalue weighted by molar-refractivity contribution is -0.147. The van der Waals surface area contributed by atoms with Crippen molar-refractivity contribution in [3.8, 4) is 0 Å². The van der Waals surface area contributed by atoms with Crippen LogP contribution in [0.3, 0.4) is 0 Å². The number of amides is 3. The summed E-state index contributed by atoms with van der Waals surface area (Å²) in [5.74, 6) is -7.52. The predicted octanol–water partition coefficient (Wildman–Crippen LogP) is -4.57. The Morgan fingerprint density at radius 2 is 1.37 bits per heavy atom. The largest absolute Gasteiger partial charge is 0.481 e. The fraction of sp³-hybridized carbons (Fsp3) is 0.538. The Balaban J connectivity index is 4.64. The highest BCUT2D eigenvalue weighted by molar-refractivity contribution is 5.93. The van der Waals surface area contributed by atoms with Crippen LogP contribution in [0.2, 0.25) is 0 Å². The summed E-state index contributed by atoms with van der Waals surface area (Å²) in [7, 11) is 0. The maximum atomic E-state index is 11.9. The Bertz CT molecular complexity index is 608. The third-order valence-corrected chi connectivity index (χ3v) is 2.98. The van der Waals surface area contributed by atoms with Gasteiger partial charge < -0.3 is 42.1 Å². The van der Waals surface area contributed by atoms with E-state index < -0.39 is 79.7 Å². The molecule has 0 aromatic heterocycles. The lowest BCUT2D eigenvalue weighted by Gasteiger charge is -2.19. The highest BCUT2D eigenvalue weighted by Gasteiger charge is 2.28. The average Bonchev–Trinajstić information content (AvgIpc) is 2.55. The highest BCUT2D eigenvalue weighted by atomic mass is 16.4. The highest BCUT2D eigenvalue weighted by Crippen LogP contribution is 1.95. The van der Waals surface area contributed by atoms with E-state index in [4.69, 9.17) is 26.2 Å². The van der Waals surface area contributed by atoms with Crippen LogP contribution in [0.25, 0.3) is 0 Å². The minimum Gasteiger partial charge on any atom is -0.481 e. The summed E-state index contributed by atoms with van der Waals surface area (Å²) in [5.41, 5.74) is 5.27. The van der Waals surface area contributed by atoms with Gasteiger partial charge in [-0.1, -0.05) is 0 Å². The molecule has 9 N–H and O–H groups in total. The summed E-state index contributed by atoms with van der Waals surface area (Å²) in [6.45, 7) is -1.64. The molecule has 3 unspecified atom stereocenters. The topological polar surface area (TPSA) is 245 Å². The number of nitrogens with two attached hydrogens (primary N) is 1. The Hall–Kier alpha value is -3.26. The molecule has 0 saturated carbocycles. The second-order valence-electron chi connectivity index (χ2n) is 5.22. The fourth-order valence-electron chi connectivity index (χ4n) is 1.67. The van der Waals surface area contributed by atoms with E-state index in [1.165, 1.54) is 0 Å². The molecule has 3 atom stereocenters. The first-order valence-corrected chi connectivity index (χ1v) is 7.38. The number of carbonyl (C=O) groups excluding carboxylic acids is 3. The lowest BCUT2D eigenvalue weighted by Crippen LogP contribution is -2.55. The van der Waals surface area contributed by atoms with Gasteiger partial charge in [0, 0.05) is 0 Å². The number of hydrogen-bond acceptors (Lipinski definition) is 8. The summed E-state index contributed by atoms with van der Waals surface area (Å²) < 4.78 is 0. The van der Waals surface area contributed by atoms with E-state index in [1.807, 2.05) is 16.0 Å². The van der Waals surface area contributed by atoms with Crippen molar-refractivity contribution >= 4 is 35.6 Å². The molecule has 14 nitrogen and oxygen atoms in total. The zero-order valence-corrected chi connectivity index (χ0v) is 13.9. The van der Waals surface area contributed by atoms with Crippen molar-refractivity contribution in [2.45, 2.75) is 31.0 Å². The van der Waals surface area contributed by atoms with Crippen LogP contribution in [0.5, 0.6) is 0 Å². The van der Waals surface area contributed by atoms with Gasteiger partial charge in [0.1, 0.15) is 12.1 Å². The van der Waals surface area contributed by atoms with Gasteiger partial charge >= 0.3 is 17.9 Å². The zero-order valence-electron chi connectivity index (χ0n) is 13.9. The molecule has 0 aliphatic rings. The quantitative estimate of drug-likeness (QED) is 0.157. The Morgan fingerprint density at radius 3 is 1.81 bits per heavy atom. The number of aliphatic carboxylic acids is 3. The Kier molecular flexibility index (Phi) is 10.0. The molecule has 0 aromatic rings. The minimum atomic E-state index is -1.78. The second-order valence-corrected chi connectivity index (χ2v) is 5.22.